The second kappa shape index (κ2) is 12.8. The van der Waals surface area contributed by atoms with Crippen LogP contribution in [0.5, 0.6) is 40.2 Å². The molecule has 1 N–H and O–H groups in total. The molecule has 0 aliphatic carbocycles. The number of phenolic OH excluding ortho intramolecular Hbond substituents is 1. The third kappa shape index (κ3) is 7.13. The molecule has 38 heavy (non-hydrogen) atoms. The highest BCUT2D eigenvalue weighted by Gasteiger charge is 2.11. The van der Waals surface area contributed by atoms with Gasteiger partial charge in [-0.25, -0.2) is 0 Å². The van der Waals surface area contributed by atoms with Crippen LogP contribution in [-0.2, 0) is 25.7 Å². The topological polar surface area (TPSA) is 66.4 Å². The zero-order chi connectivity index (χ0) is 26.9. The molecule has 198 valence electrons. The molecule has 0 aliphatic rings. The van der Waals surface area contributed by atoms with Crippen LogP contribution < -0.4 is 23.7 Å². The smallest absolute Gasteiger partial charge is 0.169 e. The van der Waals surface area contributed by atoms with Crippen molar-refractivity contribution in [1.82, 2.24) is 0 Å². The second-order valence-corrected chi connectivity index (χ2v) is 8.99. The van der Waals surface area contributed by atoms with Gasteiger partial charge >= 0.3 is 0 Å². The van der Waals surface area contributed by atoms with Crippen molar-refractivity contribution in [3.63, 3.8) is 0 Å². The fourth-order valence-corrected chi connectivity index (χ4v) is 4.35. The Kier molecular flexibility index (Phi) is 8.98. The van der Waals surface area contributed by atoms with Crippen LogP contribution in [0, 0.1) is 0 Å². The molecule has 0 spiro atoms. The number of ether oxygens (including phenoxy) is 5. The first kappa shape index (κ1) is 26.7. The van der Waals surface area contributed by atoms with E-state index in [-0.39, 0.29) is 5.75 Å². The van der Waals surface area contributed by atoms with Crippen LogP contribution in [0.15, 0.2) is 78.9 Å². The van der Waals surface area contributed by atoms with Gasteiger partial charge in [0.1, 0.15) is 28.7 Å². The summed E-state index contributed by atoms with van der Waals surface area (Å²) >= 11 is 0. The van der Waals surface area contributed by atoms with E-state index in [1.165, 1.54) is 5.56 Å². The summed E-state index contributed by atoms with van der Waals surface area (Å²) in [7, 11) is 6.57. The highest BCUT2D eigenvalue weighted by atomic mass is 16.5. The van der Waals surface area contributed by atoms with Gasteiger partial charge in [-0.1, -0.05) is 18.2 Å². The predicted octanol–water partition coefficient (Wildman–Crippen LogP) is 6.79. The van der Waals surface area contributed by atoms with Gasteiger partial charge in [0.05, 0.1) is 28.4 Å². The number of aryl methyl sites for hydroxylation is 4. The van der Waals surface area contributed by atoms with Gasteiger partial charge in [0.25, 0.3) is 0 Å². The third-order valence-electron chi connectivity index (χ3n) is 6.36. The van der Waals surface area contributed by atoms with Crippen molar-refractivity contribution in [3.05, 3.63) is 101 Å². The van der Waals surface area contributed by atoms with Crippen molar-refractivity contribution in [2.45, 2.75) is 25.7 Å². The minimum Gasteiger partial charge on any atom is -0.508 e. The maximum absolute atomic E-state index is 10.4. The van der Waals surface area contributed by atoms with Crippen molar-refractivity contribution in [2.24, 2.45) is 0 Å². The summed E-state index contributed by atoms with van der Waals surface area (Å²) in [5.41, 5.74) is 4.36. The molecule has 4 aromatic carbocycles. The number of rotatable bonds is 12. The largest absolute Gasteiger partial charge is 0.508 e. The van der Waals surface area contributed by atoms with Crippen LogP contribution in [0.25, 0.3) is 0 Å². The summed E-state index contributed by atoms with van der Waals surface area (Å²) in [6.07, 6.45) is 3.16. The minimum absolute atomic E-state index is 0.147. The zero-order valence-corrected chi connectivity index (χ0v) is 22.3. The fourth-order valence-electron chi connectivity index (χ4n) is 4.35. The molecule has 0 saturated carbocycles. The number of phenols is 1. The molecule has 6 nitrogen and oxygen atoms in total. The highest BCUT2D eigenvalue weighted by molar-refractivity contribution is 5.48. The molecule has 6 heteroatoms. The number of hydrogen-bond acceptors (Lipinski definition) is 6. The lowest BCUT2D eigenvalue weighted by atomic mass is 10.0. The van der Waals surface area contributed by atoms with E-state index in [0.717, 1.165) is 53.2 Å². The first-order chi connectivity index (χ1) is 18.5. The van der Waals surface area contributed by atoms with E-state index in [9.17, 15) is 5.11 Å². The van der Waals surface area contributed by atoms with E-state index >= 15 is 0 Å². The van der Waals surface area contributed by atoms with Gasteiger partial charge in [0, 0.05) is 12.1 Å². The SMILES string of the molecule is COc1cccc(CCc2ccc(OC)c(Oc3cc(O)cc(CCc4cc(OC)cc(OC)c4)c3)c2)c1. The standard InChI is InChI=1S/C32H34O6/c1-34-27-7-5-6-22(15-27)8-9-23-12-13-31(37-4)32(19-23)38-30-18-24(14-26(33)20-30)10-11-25-16-28(35-2)21-29(17-25)36-3/h5-7,12-21,33H,8-11H2,1-4H3. The lowest BCUT2D eigenvalue weighted by Gasteiger charge is -2.14. The highest BCUT2D eigenvalue weighted by Crippen LogP contribution is 2.35. The second-order valence-electron chi connectivity index (χ2n) is 8.99. The third-order valence-corrected chi connectivity index (χ3v) is 6.36. The van der Waals surface area contributed by atoms with E-state index in [2.05, 4.69) is 12.1 Å². The van der Waals surface area contributed by atoms with E-state index < -0.39 is 0 Å². The molecule has 4 rings (SSSR count). The lowest BCUT2D eigenvalue weighted by molar-refractivity contribution is 0.377. The van der Waals surface area contributed by atoms with Crippen LogP contribution in [0.1, 0.15) is 22.3 Å². The maximum atomic E-state index is 10.4. The van der Waals surface area contributed by atoms with Crippen LogP contribution >= 0.6 is 0 Å². The number of methoxy groups -OCH3 is 4. The summed E-state index contributed by atoms with van der Waals surface area (Å²) in [6.45, 7) is 0. The maximum Gasteiger partial charge on any atom is 0.169 e. The molecular weight excluding hydrogens is 480 g/mol. The quantitative estimate of drug-likeness (QED) is 0.225. The van der Waals surface area contributed by atoms with Crippen LogP contribution in [0.3, 0.4) is 0 Å². The van der Waals surface area contributed by atoms with Gasteiger partial charge < -0.3 is 28.8 Å². The molecular formula is C32H34O6. The Morgan fingerprint density at radius 2 is 1.05 bits per heavy atom. The molecule has 0 fully saturated rings. The summed E-state index contributed by atoms with van der Waals surface area (Å²) < 4.78 is 27.9. The summed E-state index contributed by atoms with van der Waals surface area (Å²) in [5.74, 6) is 4.27. The Bertz CT molecular complexity index is 1340. The van der Waals surface area contributed by atoms with Gasteiger partial charge in [-0.15, -0.1) is 0 Å². The lowest BCUT2D eigenvalue weighted by Crippen LogP contribution is -1.97. The molecule has 0 bridgehead atoms. The molecule has 0 saturated heterocycles. The van der Waals surface area contributed by atoms with E-state index in [0.29, 0.717) is 23.7 Å². The van der Waals surface area contributed by atoms with Gasteiger partial charge in [-0.2, -0.15) is 0 Å². The van der Waals surface area contributed by atoms with Crippen LogP contribution in [-0.4, -0.2) is 33.5 Å². The Labute approximate surface area is 224 Å². The van der Waals surface area contributed by atoms with E-state index in [4.69, 9.17) is 23.7 Å². The molecule has 0 aliphatic heterocycles. The normalized spacial score (nSPS) is 10.6. The molecule has 4 aromatic rings. The van der Waals surface area contributed by atoms with Gasteiger partial charge in [0.2, 0.25) is 0 Å². The summed E-state index contributed by atoms with van der Waals surface area (Å²) in [6, 6.07) is 25.2. The predicted molar refractivity (Wildman–Crippen MR) is 149 cm³/mol. The molecule has 0 heterocycles. The van der Waals surface area contributed by atoms with E-state index in [1.807, 2.05) is 54.6 Å². The first-order valence-electron chi connectivity index (χ1n) is 12.5. The Morgan fingerprint density at radius 1 is 0.474 bits per heavy atom. The number of hydrogen-bond donors (Lipinski definition) is 1. The fraction of sp³-hybridized carbons (Fsp3) is 0.250. The summed E-state index contributed by atoms with van der Waals surface area (Å²) in [4.78, 5) is 0. The summed E-state index contributed by atoms with van der Waals surface area (Å²) in [5, 5.41) is 10.4. The molecule has 0 atom stereocenters. The number of aromatic hydroxyl groups is 1. The first-order valence-corrected chi connectivity index (χ1v) is 12.5. The van der Waals surface area contributed by atoms with Gasteiger partial charge in [0.15, 0.2) is 11.5 Å². The Hall–Kier alpha value is -4.32. The molecule has 0 amide bonds. The van der Waals surface area contributed by atoms with Crippen molar-refractivity contribution < 1.29 is 28.8 Å². The van der Waals surface area contributed by atoms with Gasteiger partial charge in [-0.3, -0.25) is 0 Å². The van der Waals surface area contributed by atoms with Crippen molar-refractivity contribution in [2.75, 3.05) is 28.4 Å². The zero-order valence-electron chi connectivity index (χ0n) is 22.3. The Balaban J connectivity index is 1.48. The van der Waals surface area contributed by atoms with Crippen LogP contribution in [0.4, 0.5) is 0 Å². The molecule has 0 unspecified atom stereocenters. The average Bonchev–Trinajstić information content (AvgIpc) is 2.94. The van der Waals surface area contributed by atoms with Crippen molar-refractivity contribution >= 4 is 0 Å². The van der Waals surface area contributed by atoms with Crippen LogP contribution in [0.2, 0.25) is 0 Å². The van der Waals surface area contributed by atoms with Crippen molar-refractivity contribution in [3.8, 4) is 40.2 Å². The minimum atomic E-state index is 0.147. The van der Waals surface area contributed by atoms with Crippen molar-refractivity contribution in [1.29, 1.82) is 0 Å². The average molecular weight is 515 g/mol. The Morgan fingerprint density at radius 3 is 1.71 bits per heavy atom. The monoisotopic (exact) mass is 514 g/mol. The van der Waals surface area contributed by atoms with Gasteiger partial charge in [-0.05, 0) is 96.5 Å². The molecule has 0 radical (unpaired) electrons. The number of benzene rings is 4. The van der Waals surface area contributed by atoms with E-state index in [1.54, 1.807) is 40.6 Å². The molecule has 0 aromatic heterocycles.